The largest absolute Gasteiger partial charge is 0.473 e. The first-order valence-electron chi connectivity index (χ1n) is 6.17. The second-order valence-corrected chi connectivity index (χ2v) is 5.18. The maximum absolute atomic E-state index is 12.9. The summed E-state index contributed by atoms with van der Waals surface area (Å²) >= 11 is 3.25. The Labute approximate surface area is 127 Å². The van der Waals surface area contributed by atoms with Gasteiger partial charge in [0.05, 0.1) is 6.26 Å². The van der Waals surface area contributed by atoms with Crippen LogP contribution in [-0.4, -0.2) is 4.98 Å². The zero-order chi connectivity index (χ0) is 14.8. The van der Waals surface area contributed by atoms with Crippen LogP contribution in [0.15, 0.2) is 51.7 Å². The van der Waals surface area contributed by atoms with Gasteiger partial charge in [-0.05, 0) is 28.1 Å². The number of hydrogen-bond donors (Lipinski definition) is 0. The Morgan fingerprint density at radius 1 is 1.19 bits per heavy atom. The van der Waals surface area contributed by atoms with E-state index in [9.17, 15) is 8.78 Å². The van der Waals surface area contributed by atoms with Crippen molar-refractivity contribution in [1.29, 1.82) is 0 Å². The van der Waals surface area contributed by atoms with Crippen LogP contribution in [0.25, 0.3) is 11.0 Å². The molecule has 21 heavy (non-hydrogen) atoms. The van der Waals surface area contributed by atoms with Crippen molar-refractivity contribution >= 4 is 26.9 Å². The van der Waals surface area contributed by atoms with Gasteiger partial charge in [0.1, 0.15) is 16.8 Å². The number of pyridine rings is 1. The molecule has 3 rings (SSSR count). The molecule has 0 spiro atoms. The van der Waals surface area contributed by atoms with E-state index in [0.717, 1.165) is 0 Å². The molecule has 0 bridgehead atoms. The Hall–Kier alpha value is -1.95. The summed E-state index contributed by atoms with van der Waals surface area (Å²) in [7, 11) is 0. The molecule has 3 nitrogen and oxygen atoms in total. The fourth-order valence-electron chi connectivity index (χ4n) is 2.07. The van der Waals surface area contributed by atoms with Crippen LogP contribution in [0.1, 0.15) is 17.6 Å². The maximum atomic E-state index is 12.9. The van der Waals surface area contributed by atoms with Crippen molar-refractivity contribution in [2.24, 2.45) is 0 Å². The quantitative estimate of drug-likeness (QED) is 0.611. The Bertz CT molecular complexity index is 773. The van der Waals surface area contributed by atoms with Gasteiger partial charge in [-0.25, -0.2) is 13.8 Å². The molecule has 3 aromatic rings. The number of halogens is 3. The molecule has 0 aliphatic rings. The van der Waals surface area contributed by atoms with E-state index in [2.05, 4.69) is 20.9 Å². The molecule has 0 saturated heterocycles. The number of hydrogen-bond acceptors (Lipinski definition) is 3. The van der Waals surface area contributed by atoms with E-state index in [-0.39, 0.29) is 12.2 Å². The van der Waals surface area contributed by atoms with Crippen molar-refractivity contribution in [3.8, 4) is 5.88 Å². The van der Waals surface area contributed by atoms with Crippen LogP contribution >= 0.6 is 15.9 Å². The van der Waals surface area contributed by atoms with Gasteiger partial charge in [-0.1, -0.05) is 18.2 Å². The lowest BCUT2D eigenvalue weighted by Crippen LogP contribution is -1.98. The number of rotatable bonds is 4. The summed E-state index contributed by atoms with van der Waals surface area (Å²) in [6, 6.07) is 9.83. The Balaban J connectivity index is 1.88. The molecule has 0 aliphatic carbocycles. The van der Waals surface area contributed by atoms with Gasteiger partial charge in [-0.3, -0.25) is 0 Å². The van der Waals surface area contributed by atoms with Crippen LogP contribution in [-0.2, 0) is 6.61 Å². The highest BCUT2D eigenvalue weighted by Gasteiger charge is 2.16. The minimum Gasteiger partial charge on any atom is -0.473 e. The van der Waals surface area contributed by atoms with Gasteiger partial charge >= 0.3 is 0 Å². The molecule has 0 amide bonds. The smallest absolute Gasteiger partial charge is 0.264 e. The first-order valence-corrected chi connectivity index (χ1v) is 6.97. The zero-order valence-corrected chi connectivity index (χ0v) is 12.3. The molecule has 1 aromatic carbocycles. The number of benzene rings is 1. The van der Waals surface area contributed by atoms with E-state index in [0.29, 0.717) is 27.0 Å². The third-order valence-electron chi connectivity index (χ3n) is 3.03. The predicted octanol–water partition coefficient (Wildman–Crippen LogP) is 5.11. The molecule has 0 radical (unpaired) electrons. The summed E-state index contributed by atoms with van der Waals surface area (Å²) in [5.74, 6) is 0.446. The average Bonchev–Trinajstić information content (AvgIpc) is 2.94. The zero-order valence-electron chi connectivity index (χ0n) is 10.7. The lowest BCUT2D eigenvalue weighted by Gasteiger charge is -2.08. The van der Waals surface area contributed by atoms with Gasteiger partial charge in [0.15, 0.2) is 0 Å². The summed E-state index contributed by atoms with van der Waals surface area (Å²) in [6.07, 6.45) is -1.14. The van der Waals surface area contributed by atoms with E-state index in [1.807, 2.05) is 0 Å². The van der Waals surface area contributed by atoms with Gasteiger partial charge < -0.3 is 9.15 Å². The number of furan rings is 1. The van der Waals surface area contributed by atoms with Crippen molar-refractivity contribution in [2.75, 3.05) is 0 Å². The highest BCUT2D eigenvalue weighted by atomic mass is 79.9. The van der Waals surface area contributed by atoms with E-state index >= 15 is 0 Å². The third-order valence-corrected chi connectivity index (χ3v) is 3.47. The summed E-state index contributed by atoms with van der Waals surface area (Å²) < 4.78 is 37.4. The van der Waals surface area contributed by atoms with Crippen LogP contribution in [0, 0.1) is 0 Å². The number of alkyl halides is 2. The van der Waals surface area contributed by atoms with Crippen molar-refractivity contribution in [2.45, 2.75) is 13.0 Å². The fourth-order valence-corrected chi connectivity index (χ4v) is 2.39. The number of aromatic nitrogens is 1. The van der Waals surface area contributed by atoms with Crippen LogP contribution in [0.3, 0.4) is 0 Å². The second kappa shape index (κ2) is 5.81. The molecule has 0 N–H and O–H groups in total. The summed E-state index contributed by atoms with van der Waals surface area (Å²) in [4.78, 5) is 4.15. The first kappa shape index (κ1) is 14.0. The lowest BCUT2D eigenvalue weighted by atomic mass is 10.1. The van der Waals surface area contributed by atoms with Gasteiger partial charge in [0, 0.05) is 22.6 Å². The first-order chi connectivity index (χ1) is 10.1. The van der Waals surface area contributed by atoms with Gasteiger partial charge in [-0.2, -0.15) is 0 Å². The average molecular weight is 354 g/mol. The summed E-state index contributed by atoms with van der Waals surface area (Å²) in [5, 5.41) is 0.410. The van der Waals surface area contributed by atoms with Crippen LogP contribution in [0.4, 0.5) is 8.78 Å². The Morgan fingerprint density at radius 2 is 2.05 bits per heavy atom. The summed E-state index contributed by atoms with van der Waals surface area (Å²) in [6.45, 7) is 0.191. The van der Waals surface area contributed by atoms with E-state index in [4.69, 9.17) is 9.15 Å². The fraction of sp³-hybridized carbons (Fsp3) is 0.133. The standard InChI is InChI=1S/C15H10BrF2NO2/c16-12-2-1-3-13(19-12)21-8-9-4-5-11(15(17)18)10-6-7-20-14(9)10/h1-7,15H,8H2. The molecule has 6 heteroatoms. The van der Waals surface area contributed by atoms with Gasteiger partial charge in [0.25, 0.3) is 6.43 Å². The molecule has 108 valence electrons. The molecule has 2 aromatic heterocycles. The minimum absolute atomic E-state index is 0.0388. The maximum Gasteiger partial charge on any atom is 0.264 e. The Morgan fingerprint density at radius 3 is 2.81 bits per heavy atom. The molecule has 0 saturated carbocycles. The third kappa shape index (κ3) is 2.90. The van der Waals surface area contributed by atoms with E-state index in [1.54, 1.807) is 24.3 Å². The number of fused-ring (bicyclic) bond motifs is 1. The van der Waals surface area contributed by atoms with Gasteiger partial charge in [0.2, 0.25) is 5.88 Å². The van der Waals surface area contributed by atoms with Gasteiger partial charge in [-0.15, -0.1) is 0 Å². The van der Waals surface area contributed by atoms with Crippen LogP contribution < -0.4 is 4.74 Å². The molecule has 0 unspecified atom stereocenters. The van der Waals surface area contributed by atoms with Crippen molar-refractivity contribution in [3.05, 3.63) is 58.4 Å². The normalized spacial score (nSPS) is 11.2. The predicted molar refractivity (Wildman–Crippen MR) is 77.4 cm³/mol. The van der Waals surface area contributed by atoms with E-state index in [1.165, 1.54) is 18.4 Å². The molecule has 2 heterocycles. The van der Waals surface area contributed by atoms with Crippen LogP contribution in [0.2, 0.25) is 0 Å². The number of nitrogens with zero attached hydrogens (tertiary/aromatic N) is 1. The highest BCUT2D eigenvalue weighted by molar-refractivity contribution is 9.10. The minimum atomic E-state index is -2.54. The lowest BCUT2D eigenvalue weighted by molar-refractivity contribution is 0.153. The van der Waals surface area contributed by atoms with Crippen molar-refractivity contribution < 1.29 is 17.9 Å². The second-order valence-electron chi connectivity index (χ2n) is 4.37. The molecule has 0 aliphatic heterocycles. The van der Waals surface area contributed by atoms with Crippen molar-refractivity contribution in [1.82, 2.24) is 4.98 Å². The SMILES string of the molecule is FC(F)c1ccc(COc2cccc(Br)n2)c2occc12. The Kier molecular flexibility index (Phi) is 3.88. The highest BCUT2D eigenvalue weighted by Crippen LogP contribution is 2.31. The topological polar surface area (TPSA) is 35.3 Å². The summed E-state index contributed by atoms with van der Waals surface area (Å²) in [5.41, 5.74) is 1.08. The molecule has 0 atom stereocenters. The van der Waals surface area contributed by atoms with Crippen LogP contribution in [0.5, 0.6) is 5.88 Å². The van der Waals surface area contributed by atoms with E-state index < -0.39 is 6.43 Å². The molecule has 0 fully saturated rings. The van der Waals surface area contributed by atoms with Crippen molar-refractivity contribution in [3.63, 3.8) is 0 Å². The molecular formula is C15H10BrF2NO2. The number of ether oxygens (including phenoxy) is 1. The molecular weight excluding hydrogens is 344 g/mol. The monoisotopic (exact) mass is 353 g/mol.